The van der Waals surface area contributed by atoms with Gasteiger partial charge in [-0.3, -0.25) is 14.3 Å². The second-order valence-electron chi connectivity index (χ2n) is 6.80. The van der Waals surface area contributed by atoms with Gasteiger partial charge in [-0.05, 0) is 12.1 Å². The number of nitrogen functional groups attached to an aromatic ring is 1. The number of aliphatic hydroxyl groups excluding tert-OH is 2. The Labute approximate surface area is 176 Å². The van der Waals surface area contributed by atoms with E-state index >= 15 is 0 Å². The van der Waals surface area contributed by atoms with E-state index in [9.17, 15) is 29.0 Å². The second kappa shape index (κ2) is 7.88. The number of esters is 1. The Balaban J connectivity index is 1.87. The van der Waals surface area contributed by atoms with E-state index in [1.807, 2.05) is 0 Å². The van der Waals surface area contributed by atoms with Crippen LogP contribution in [-0.4, -0.2) is 67.4 Å². The highest BCUT2D eigenvalue weighted by Gasteiger charge is 2.46. The zero-order valence-electron chi connectivity index (χ0n) is 16.0. The van der Waals surface area contributed by atoms with E-state index in [-0.39, 0.29) is 23.7 Å². The minimum atomic E-state index is -1.96. The number of aliphatic hydroxyl groups is 2. The number of fused-ring (bicyclic) bond motifs is 1. The van der Waals surface area contributed by atoms with Crippen molar-refractivity contribution in [2.45, 2.75) is 31.2 Å². The van der Waals surface area contributed by atoms with Crippen LogP contribution in [0.2, 0.25) is 0 Å². The van der Waals surface area contributed by atoms with Crippen LogP contribution in [0.1, 0.15) is 20.8 Å². The summed E-state index contributed by atoms with van der Waals surface area (Å²) in [6.07, 6.45) is -6.64. The molecule has 0 aliphatic carbocycles. The van der Waals surface area contributed by atoms with Crippen LogP contribution in [0, 0.1) is 0 Å². The number of alkyl halides is 1. The molecule has 166 valence electrons. The summed E-state index contributed by atoms with van der Waals surface area (Å²) in [6.45, 7) is -0.840. The molecule has 3 aromatic heterocycles. The normalized spacial score (nSPS) is 23.5. The fourth-order valence-electron chi connectivity index (χ4n) is 3.47. The number of H-pyrrole nitrogens is 1. The number of nitrogens with zero attached hydrogens (tertiary/aromatic N) is 3. The van der Waals surface area contributed by atoms with Gasteiger partial charge in [-0.1, -0.05) is 0 Å². The number of imidazole rings is 1. The quantitative estimate of drug-likeness (QED) is 0.350. The van der Waals surface area contributed by atoms with Crippen molar-refractivity contribution in [2.24, 2.45) is 0 Å². The van der Waals surface area contributed by atoms with Gasteiger partial charge in [-0.2, -0.15) is 4.98 Å². The molecule has 3 aromatic rings. The number of nitrogens with two attached hydrogens (primary N) is 1. The van der Waals surface area contributed by atoms with Crippen molar-refractivity contribution in [3.05, 3.63) is 42.7 Å². The van der Waals surface area contributed by atoms with Gasteiger partial charge in [0.25, 0.3) is 5.56 Å². The number of ether oxygens (including phenoxy) is 2. The highest BCUT2D eigenvalue weighted by atomic mass is 32.1. The summed E-state index contributed by atoms with van der Waals surface area (Å²) in [5.41, 5.74) is 3.67. The Morgan fingerprint density at radius 3 is 2.84 bits per heavy atom. The topological polar surface area (TPSA) is 175 Å². The van der Waals surface area contributed by atoms with Crippen molar-refractivity contribution in [2.75, 3.05) is 19.5 Å². The highest BCUT2D eigenvalue weighted by Crippen LogP contribution is 2.32. The van der Waals surface area contributed by atoms with Gasteiger partial charge in [0.2, 0.25) is 5.95 Å². The van der Waals surface area contributed by atoms with Crippen LogP contribution in [0.25, 0.3) is 11.2 Å². The van der Waals surface area contributed by atoms with E-state index in [1.54, 1.807) is 6.07 Å². The lowest BCUT2D eigenvalue weighted by atomic mass is 10.1. The SMILES string of the molecule is COC(=O)c1ccc(Cn2c(=O)n([C@@H]3O[C@H](CO)[C@@H](F)[C@H]3O)c3nc(N)[nH]c(=O)c32)s1. The Bertz CT molecular complexity index is 1260. The number of nitrogens with one attached hydrogen (secondary N) is 1. The van der Waals surface area contributed by atoms with E-state index in [4.69, 9.17) is 10.5 Å². The predicted molar refractivity (Wildman–Crippen MR) is 106 cm³/mol. The van der Waals surface area contributed by atoms with Crippen molar-refractivity contribution in [1.29, 1.82) is 0 Å². The molecule has 14 heteroatoms. The number of aromatic amines is 1. The molecule has 5 N–H and O–H groups in total. The van der Waals surface area contributed by atoms with Gasteiger partial charge in [0.05, 0.1) is 20.3 Å². The maximum absolute atomic E-state index is 14.3. The van der Waals surface area contributed by atoms with Crippen molar-refractivity contribution in [3.63, 3.8) is 0 Å². The first-order valence-corrected chi connectivity index (χ1v) is 9.84. The van der Waals surface area contributed by atoms with Crippen molar-refractivity contribution in [1.82, 2.24) is 19.1 Å². The Kier molecular flexibility index (Phi) is 5.38. The van der Waals surface area contributed by atoms with Crippen LogP contribution in [-0.2, 0) is 16.0 Å². The van der Waals surface area contributed by atoms with Crippen LogP contribution in [0.4, 0.5) is 10.3 Å². The summed E-state index contributed by atoms with van der Waals surface area (Å²) in [6, 6.07) is 3.10. The minimum Gasteiger partial charge on any atom is -0.465 e. The molecule has 1 aliphatic rings. The molecule has 0 amide bonds. The first-order chi connectivity index (χ1) is 14.8. The molecular formula is C17H18FN5O7S. The van der Waals surface area contributed by atoms with Crippen LogP contribution in [0.5, 0.6) is 0 Å². The number of carbonyl (C=O) groups excluding carboxylic acids is 1. The Morgan fingerprint density at radius 2 is 2.19 bits per heavy atom. The molecule has 4 atom stereocenters. The molecule has 0 unspecified atom stereocenters. The number of thiophene rings is 1. The highest BCUT2D eigenvalue weighted by molar-refractivity contribution is 7.13. The number of methoxy groups -OCH3 is 1. The molecule has 12 nitrogen and oxygen atoms in total. The van der Waals surface area contributed by atoms with Crippen molar-refractivity contribution in [3.8, 4) is 0 Å². The van der Waals surface area contributed by atoms with Gasteiger partial charge in [0.15, 0.2) is 23.6 Å². The monoisotopic (exact) mass is 455 g/mol. The summed E-state index contributed by atoms with van der Waals surface area (Å²) in [4.78, 5) is 44.6. The maximum atomic E-state index is 14.3. The molecule has 4 rings (SSSR count). The Hall–Kier alpha value is -3.07. The number of carbonyl (C=O) groups is 1. The summed E-state index contributed by atoms with van der Waals surface area (Å²) in [5.74, 6) is -0.847. The second-order valence-corrected chi connectivity index (χ2v) is 7.97. The maximum Gasteiger partial charge on any atom is 0.348 e. The van der Waals surface area contributed by atoms with Gasteiger partial charge >= 0.3 is 11.7 Å². The molecule has 0 saturated carbocycles. The molecule has 1 saturated heterocycles. The molecule has 0 bridgehead atoms. The number of hydrogen-bond acceptors (Lipinski definition) is 10. The Morgan fingerprint density at radius 1 is 1.45 bits per heavy atom. The molecule has 1 aliphatic heterocycles. The fraction of sp³-hybridized carbons (Fsp3) is 0.412. The van der Waals surface area contributed by atoms with E-state index in [0.717, 1.165) is 20.5 Å². The van der Waals surface area contributed by atoms with Gasteiger partial charge < -0.3 is 25.4 Å². The van der Waals surface area contributed by atoms with Gasteiger partial charge in [-0.15, -0.1) is 11.3 Å². The lowest BCUT2D eigenvalue weighted by Gasteiger charge is -2.15. The first-order valence-electron chi connectivity index (χ1n) is 9.02. The molecule has 4 heterocycles. The largest absolute Gasteiger partial charge is 0.465 e. The van der Waals surface area contributed by atoms with Crippen LogP contribution >= 0.6 is 11.3 Å². The average molecular weight is 455 g/mol. The molecule has 0 radical (unpaired) electrons. The van der Waals surface area contributed by atoms with E-state index in [2.05, 4.69) is 14.7 Å². The van der Waals surface area contributed by atoms with Crippen LogP contribution in [0.15, 0.2) is 21.7 Å². The number of rotatable bonds is 5. The third-order valence-electron chi connectivity index (χ3n) is 4.91. The minimum absolute atomic E-state index is 0.121. The van der Waals surface area contributed by atoms with Gasteiger partial charge in [0.1, 0.15) is 17.1 Å². The number of anilines is 1. The molecule has 1 fully saturated rings. The van der Waals surface area contributed by atoms with E-state index in [0.29, 0.717) is 9.75 Å². The third kappa shape index (κ3) is 3.42. The first kappa shape index (κ1) is 21.2. The zero-order valence-corrected chi connectivity index (χ0v) is 16.8. The molecule has 0 spiro atoms. The van der Waals surface area contributed by atoms with Gasteiger partial charge in [-0.25, -0.2) is 18.5 Å². The smallest absolute Gasteiger partial charge is 0.348 e. The average Bonchev–Trinajstić information content (AvgIpc) is 3.39. The summed E-state index contributed by atoms with van der Waals surface area (Å²) in [7, 11) is 1.24. The number of aromatic nitrogens is 4. The number of hydrogen-bond donors (Lipinski definition) is 4. The summed E-state index contributed by atoms with van der Waals surface area (Å²) in [5, 5.41) is 19.5. The van der Waals surface area contributed by atoms with Gasteiger partial charge in [0, 0.05) is 4.88 Å². The molecule has 31 heavy (non-hydrogen) atoms. The predicted octanol–water partition coefficient (Wildman–Crippen LogP) is -1.05. The third-order valence-corrected chi connectivity index (χ3v) is 5.96. The lowest BCUT2D eigenvalue weighted by Crippen LogP contribution is -2.34. The standard InChI is InChI=1S/C17H18FN5O7S/c1-29-15(27)8-3-2-6(31-8)4-22-10-12(20-16(19)21-13(10)26)23(17(22)28)14-11(25)9(18)7(5-24)30-14/h2-3,7,9,11,14,24-25H,4-5H2,1H3,(H3,19,20,21,26)/t7-,9-,11-,14-/m1/s1. The van der Waals surface area contributed by atoms with E-state index in [1.165, 1.54) is 13.2 Å². The molecule has 0 aromatic carbocycles. The van der Waals surface area contributed by atoms with E-state index < -0.39 is 48.4 Å². The molecular weight excluding hydrogens is 437 g/mol. The zero-order chi connectivity index (χ0) is 22.4. The van der Waals surface area contributed by atoms with Crippen molar-refractivity contribution < 1.29 is 28.9 Å². The van der Waals surface area contributed by atoms with Crippen LogP contribution < -0.4 is 17.0 Å². The summed E-state index contributed by atoms with van der Waals surface area (Å²) >= 11 is 1.06. The van der Waals surface area contributed by atoms with Crippen molar-refractivity contribution >= 4 is 34.4 Å². The summed E-state index contributed by atoms with van der Waals surface area (Å²) < 4.78 is 26.1. The van der Waals surface area contributed by atoms with Crippen LogP contribution in [0.3, 0.4) is 0 Å². The lowest BCUT2D eigenvalue weighted by molar-refractivity contribution is -0.0513. The number of halogens is 1. The fourth-order valence-corrected chi connectivity index (χ4v) is 4.39.